The molecule has 1 amide bonds. The minimum atomic E-state index is -0.102. The largest absolute Gasteiger partial charge is 0.372 e. The molecule has 0 unspecified atom stereocenters. The minimum Gasteiger partial charge on any atom is -0.372 e. The fourth-order valence-electron chi connectivity index (χ4n) is 3.93. The van der Waals surface area contributed by atoms with Crippen LogP contribution in [-0.4, -0.2) is 39.9 Å². The lowest BCUT2D eigenvalue weighted by atomic mass is 10.1. The highest BCUT2D eigenvalue weighted by molar-refractivity contribution is 7.99. The molecular weight excluding hydrogens is 450 g/mol. The number of thioether (sulfide) groups is 1. The van der Waals surface area contributed by atoms with Crippen molar-refractivity contribution in [2.45, 2.75) is 31.2 Å². The summed E-state index contributed by atoms with van der Waals surface area (Å²) in [4.78, 5) is 19.3. The number of hydrogen-bond acceptors (Lipinski definition) is 7. The van der Waals surface area contributed by atoms with Crippen molar-refractivity contribution in [2.75, 3.05) is 29.1 Å². The van der Waals surface area contributed by atoms with Crippen LogP contribution in [0.25, 0.3) is 21.5 Å². The first-order valence-electron chi connectivity index (χ1n) is 11.1. The average Bonchev–Trinajstić information content (AvgIpc) is 3.25. The zero-order valence-electron chi connectivity index (χ0n) is 18.5. The smallest absolute Gasteiger partial charge is 0.236 e. The molecule has 0 radical (unpaired) electrons. The van der Waals surface area contributed by atoms with E-state index in [4.69, 9.17) is 0 Å². The summed E-state index contributed by atoms with van der Waals surface area (Å²) in [7, 11) is 0. The Bertz CT molecular complexity index is 1250. The number of nitrogens with one attached hydrogen (secondary N) is 1. The van der Waals surface area contributed by atoms with E-state index in [0.717, 1.165) is 39.6 Å². The van der Waals surface area contributed by atoms with E-state index in [1.807, 2.05) is 31.2 Å². The third kappa shape index (κ3) is 5.34. The SMILES string of the molecule is Cc1ccc2nc(NC(=O)CSc3ccc(-c4ccc(N5CCCCC5)cc4)nn3)sc2c1. The van der Waals surface area contributed by atoms with Crippen LogP contribution in [0.5, 0.6) is 0 Å². The molecule has 1 aliphatic heterocycles. The molecule has 0 saturated carbocycles. The maximum atomic E-state index is 12.4. The summed E-state index contributed by atoms with van der Waals surface area (Å²) in [6, 6.07) is 18.5. The molecule has 1 fully saturated rings. The number of amides is 1. The van der Waals surface area contributed by atoms with E-state index < -0.39 is 0 Å². The summed E-state index contributed by atoms with van der Waals surface area (Å²) >= 11 is 2.85. The van der Waals surface area contributed by atoms with Crippen molar-refractivity contribution in [3.63, 3.8) is 0 Å². The van der Waals surface area contributed by atoms with Crippen molar-refractivity contribution in [1.29, 1.82) is 0 Å². The predicted octanol–water partition coefficient (Wildman–Crippen LogP) is 5.78. The third-order valence-electron chi connectivity index (χ3n) is 5.67. The van der Waals surface area contributed by atoms with Crippen LogP contribution in [0.4, 0.5) is 10.8 Å². The molecule has 168 valence electrons. The highest BCUT2D eigenvalue weighted by atomic mass is 32.2. The van der Waals surface area contributed by atoms with Gasteiger partial charge < -0.3 is 10.2 Å². The molecule has 1 saturated heterocycles. The molecule has 0 aliphatic carbocycles. The van der Waals surface area contributed by atoms with E-state index in [2.05, 4.69) is 55.7 Å². The molecule has 33 heavy (non-hydrogen) atoms. The molecule has 3 heterocycles. The highest BCUT2D eigenvalue weighted by Gasteiger charge is 2.12. The molecule has 0 spiro atoms. The Morgan fingerprint density at radius 2 is 1.85 bits per heavy atom. The number of aryl methyl sites for hydroxylation is 1. The van der Waals surface area contributed by atoms with Gasteiger partial charge in [-0.1, -0.05) is 41.3 Å². The van der Waals surface area contributed by atoms with Crippen LogP contribution in [0.2, 0.25) is 0 Å². The van der Waals surface area contributed by atoms with Gasteiger partial charge in [-0.05, 0) is 68.1 Å². The molecule has 2 aromatic carbocycles. The van der Waals surface area contributed by atoms with Crippen molar-refractivity contribution >= 4 is 50.0 Å². The molecule has 6 nitrogen and oxygen atoms in total. The second-order valence-corrected chi connectivity index (χ2v) is 10.2. The fourth-order valence-corrected chi connectivity index (χ4v) is 5.52. The summed E-state index contributed by atoms with van der Waals surface area (Å²) in [6.07, 6.45) is 3.87. The van der Waals surface area contributed by atoms with Crippen molar-refractivity contribution < 1.29 is 4.79 Å². The van der Waals surface area contributed by atoms with Gasteiger partial charge in [-0.3, -0.25) is 4.79 Å². The number of rotatable bonds is 6. The van der Waals surface area contributed by atoms with E-state index in [1.165, 1.54) is 53.6 Å². The number of carbonyl (C=O) groups excluding carboxylic acids is 1. The first-order valence-corrected chi connectivity index (χ1v) is 12.9. The molecule has 8 heteroatoms. The molecule has 0 atom stereocenters. The number of benzene rings is 2. The second kappa shape index (κ2) is 9.89. The summed E-state index contributed by atoms with van der Waals surface area (Å²) in [5.41, 5.74) is 5.23. The number of thiazole rings is 1. The van der Waals surface area contributed by atoms with Gasteiger partial charge >= 0.3 is 0 Å². The van der Waals surface area contributed by atoms with Crippen LogP contribution in [0, 0.1) is 6.92 Å². The lowest BCUT2D eigenvalue weighted by Gasteiger charge is -2.28. The van der Waals surface area contributed by atoms with Gasteiger partial charge in [0.25, 0.3) is 0 Å². The average molecular weight is 476 g/mol. The summed E-state index contributed by atoms with van der Waals surface area (Å²) in [5.74, 6) is 0.156. The van der Waals surface area contributed by atoms with E-state index >= 15 is 0 Å². The lowest BCUT2D eigenvalue weighted by molar-refractivity contribution is -0.113. The first kappa shape index (κ1) is 21.9. The summed E-state index contributed by atoms with van der Waals surface area (Å²) < 4.78 is 1.07. The predicted molar refractivity (Wildman–Crippen MR) is 137 cm³/mol. The van der Waals surface area contributed by atoms with Crippen LogP contribution in [0.1, 0.15) is 24.8 Å². The van der Waals surface area contributed by atoms with Gasteiger partial charge in [0.1, 0.15) is 5.03 Å². The van der Waals surface area contributed by atoms with Crippen LogP contribution in [-0.2, 0) is 4.79 Å². The van der Waals surface area contributed by atoms with Crippen molar-refractivity contribution in [3.8, 4) is 11.3 Å². The molecule has 1 N–H and O–H groups in total. The van der Waals surface area contributed by atoms with E-state index in [1.54, 1.807) is 0 Å². The number of fused-ring (bicyclic) bond motifs is 1. The van der Waals surface area contributed by atoms with Gasteiger partial charge in [-0.25, -0.2) is 4.98 Å². The van der Waals surface area contributed by atoms with Gasteiger partial charge in [0.05, 0.1) is 21.7 Å². The van der Waals surface area contributed by atoms with Crippen molar-refractivity contribution in [3.05, 3.63) is 60.2 Å². The molecule has 1 aliphatic rings. The quantitative estimate of drug-likeness (QED) is 0.356. The molecule has 2 aromatic heterocycles. The lowest BCUT2D eigenvalue weighted by Crippen LogP contribution is -2.29. The number of carbonyl (C=O) groups is 1. The number of nitrogens with zero attached hydrogens (tertiary/aromatic N) is 4. The highest BCUT2D eigenvalue weighted by Crippen LogP contribution is 2.28. The van der Waals surface area contributed by atoms with E-state index in [0.29, 0.717) is 5.13 Å². The van der Waals surface area contributed by atoms with Crippen LogP contribution in [0.3, 0.4) is 0 Å². The zero-order valence-corrected chi connectivity index (χ0v) is 20.1. The Morgan fingerprint density at radius 3 is 2.61 bits per heavy atom. The number of aromatic nitrogens is 3. The minimum absolute atomic E-state index is 0.102. The zero-order chi connectivity index (χ0) is 22.6. The van der Waals surface area contributed by atoms with Crippen molar-refractivity contribution in [2.24, 2.45) is 0 Å². The normalized spacial score (nSPS) is 13.9. The van der Waals surface area contributed by atoms with Crippen LogP contribution >= 0.6 is 23.1 Å². The maximum Gasteiger partial charge on any atom is 0.236 e. The van der Waals surface area contributed by atoms with Crippen LogP contribution < -0.4 is 10.2 Å². The van der Waals surface area contributed by atoms with Gasteiger partial charge in [-0.2, -0.15) is 0 Å². The standard InChI is InChI=1S/C25H25N5OS2/c1-17-5-10-21-22(15-17)33-25(26-21)27-23(31)16-32-24-12-11-20(28-29-24)18-6-8-19(9-7-18)30-13-3-2-4-14-30/h5-12,15H,2-4,13-14,16H2,1H3,(H,26,27,31). The summed E-state index contributed by atoms with van der Waals surface area (Å²) in [5, 5.41) is 12.9. The number of piperidine rings is 1. The van der Waals surface area contributed by atoms with Gasteiger partial charge in [0.2, 0.25) is 5.91 Å². The Morgan fingerprint density at radius 1 is 1.03 bits per heavy atom. The number of hydrogen-bond donors (Lipinski definition) is 1. The fraction of sp³-hybridized carbons (Fsp3) is 0.280. The third-order valence-corrected chi connectivity index (χ3v) is 7.52. The second-order valence-electron chi connectivity index (χ2n) is 8.18. The number of anilines is 2. The molecule has 0 bridgehead atoms. The van der Waals surface area contributed by atoms with Gasteiger partial charge in [0, 0.05) is 24.3 Å². The molecule has 5 rings (SSSR count). The first-order chi connectivity index (χ1) is 16.1. The molecule has 4 aromatic rings. The monoisotopic (exact) mass is 475 g/mol. The van der Waals surface area contributed by atoms with E-state index in [9.17, 15) is 4.79 Å². The molecular formula is C25H25N5OS2. The summed E-state index contributed by atoms with van der Waals surface area (Å²) in [6.45, 7) is 4.32. The topological polar surface area (TPSA) is 71.0 Å². The van der Waals surface area contributed by atoms with E-state index in [-0.39, 0.29) is 11.7 Å². The van der Waals surface area contributed by atoms with Crippen molar-refractivity contribution in [1.82, 2.24) is 15.2 Å². The Labute approximate surface area is 201 Å². The van der Waals surface area contributed by atoms with Crippen LogP contribution in [0.15, 0.2) is 59.6 Å². The van der Waals surface area contributed by atoms with Gasteiger partial charge in [0.15, 0.2) is 5.13 Å². The maximum absolute atomic E-state index is 12.4. The Kier molecular flexibility index (Phi) is 6.55. The Hall–Kier alpha value is -2.97. The Balaban J connectivity index is 1.16. The van der Waals surface area contributed by atoms with Gasteiger partial charge in [-0.15, -0.1) is 10.2 Å².